The summed E-state index contributed by atoms with van der Waals surface area (Å²) in [6, 6.07) is 14.9. The summed E-state index contributed by atoms with van der Waals surface area (Å²) in [6.45, 7) is 2.76. The van der Waals surface area contributed by atoms with Gasteiger partial charge in [-0.25, -0.2) is 0 Å². The Morgan fingerprint density at radius 3 is 2.35 bits per heavy atom. The van der Waals surface area contributed by atoms with Crippen LogP contribution < -0.4 is 10.2 Å². The number of aryl methyl sites for hydroxylation is 1. The molecule has 1 aliphatic rings. The SMILES string of the molecule is Cc1ccc(NC(=O)c2ccc(N3CCCCC3=O)cc2)cc1. The number of anilines is 2. The van der Waals surface area contributed by atoms with Crippen LogP contribution in [0, 0.1) is 6.92 Å². The maximum Gasteiger partial charge on any atom is 0.255 e. The monoisotopic (exact) mass is 308 g/mol. The third-order valence-electron chi connectivity index (χ3n) is 4.07. The molecule has 4 nitrogen and oxygen atoms in total. The zero-order valence-corrected chi connectivity index (χ0v) is 13.2. The minimum absolute atomic E-state index is 0.148. The largest absolute Gasteiger partial charge is 0.322 e. The van der Waals surface area contributed by atoms with Crippen molar-refractivity contribution in [3.8, 4) is 0 Å². The van der Waals surface area contributed by atoms with E-state index < -0.39 is 0 Å². The van der Waals surface area contributed by atoms with Crippen molar-refractivity contribution < 1.29 is 9.59 Å². The van der Waals surface area contributed by atoms with Crippen LogP contribution in [0.4, 0.5) is 11.4 Å². The van der Waals surface area contributed by atoms with Gasteiger partial charge in [0.15, 0.2) is 0 Å². The lowest BCUT2D eigenvalue weighted by Gasteiger charge is -2.26. The van der Waals surface area contributed by atoms with E-state index >= 15 is 0 Å². The van der Waals surface area contributed by atoms with E-state index in [2.05, 4.69) is 5.32 Å². The Morgan fingerprint density at radius 2 is 1.70 bits per heavy atom. The second-order valence-electron chi connectivity index (χ2n) is 5.87. The molecule has 1 aliphatic heterocycles. The van der Waals surface area contributed by atoms with Gasteiger partial charge in [-0.3, -0.25) is 9.59 Å². The highest BCUT2D eigenvalue weighted by Gasteiger charge is 2.19. The topological polar surface area (TPSA) is 49.4 Å². The van der Waals surface area contributed by atoms with Crippen LogP contribution in [-0.2, 0) is 4.79 Å². The quantitative estimate of drug-likeness (QED) is 0.938. The zero-order valence-electron chi connectivity index (χ0n) is 13.2. The Hall–Kier alpha value is -2.62. The summed E-state index contributed by atoms with van der Waals surface area (Å²) in [5.41, 5.74) is 3.37. The molecule has 2 aromatic rings. The van der Waals surface area contributed by atoms with Gasteiger partial charge in [-0.1, -0.05) is 17.7 Å². The molecular weight excluding hydrogens is 288 g/mol. The summed E-state index contributed by atoms with van der Waals surface area (Å²) in [5, 5.41) is 2.87. The Bertz CT molecular complexity index is 705. The second kappa shape index (κ2) is 6.65. The molecule has 0 bridgehead atoms. The third kappa shape index (κ3) is 3.59. The van der Waals surface area contributed by atoms with Gasteiger partial charge in [-0.05, 0) is 56.2 Å². The van der Waals surface area contributed by atoms with Gasteiger partial charge in [-0.2, -0.15) is 0 Å². The van der Waals surface area contributed by atoms with Gasteiger partial charge in [0.05, 0.1) is 0 Å². The molecule has 0 radical (unpaired) electrons. The molecule has 4 heteroatoms. The van der Waals surface area contributed by atoms with Crippen LogP contribution >= 0.6 is 0 Å². The molecule has 3 rings (SSSR count). The minimum atomic E-state index is -0.148. The van der Waals surface area contributed by atoms with Gasteiger partial charge in [0.1, 0.15) is 0 Å². The van der Waals surface area contributed by atoms with E-state index in [4.69, 9.17) is 0 Å². The van der Waals surface area contributed by atoms with Gasteiger partial charge < -0.3 is 10.2 Å². The number of hydrogen-bond donors (Lipinski definition) is 1. The predicted octanol–water partition coefficient (Wildman–Crippen LogP) is 3.76. The third-order valence-corrected chi connectivity index (χ3v) is 4.07. The highest BCUT2D eigenvalue weighted by Crippen LogP contribution is 2.21. The summed E-state index contributed by atoms with van der Waals surface area (Å²) in [4.78, 5) is 26.0. The standard InChI is InChI=1S/C19H20N2O2/c1-14-5-9-16(10-6-14)20-19(23)15-7-11-17(12-8-15)21-13-3-2-4-18(21)22/h5-12H,2-4,13H2,1H3,(H,20,23). The number of rotatable bonds is 3. The molecule has 1 heterocycles. The first kappa shape index (κ1) is 15.3. The smallest absolute Gasteiger partial charge is 0.255 e. The summed E-state index contributed by atoms with van der Waals surface area (Å²) >= 11 is 0. The molecule has 1 fully saturated rings. The van der Waals surface area contributed by atoms with Crippen LogP contribution in [0.25, 0.3) is 0 Å². The number of hydrogen-bond acceptors (Lipinski definition) is 2. The van der Waals surface area contributed by atoms with Crippen molar-refractivity contribution in [2.45, 2.75) is 26.2 Å². The maximum atomic E-state index is 12.3. The predicted molar refractivity (Wildman–Crippen MR) is 91.8 cm³/mol. The van der Waals surface area contributed by atoms with Crippen molar-refractivity contribution in [2.24, 2.45) is 0 Å². The first-order chi connectivity index (χ1) is 11.1. The molecule has 2 aromatic carbocycles. The maximum absolute atomic E-state index is 12.3. The van der Waals surface area contributed by atoms with Gasteiger partial charge >= 0.3 is 0 Å². The number of amides is 2. The molecule has 0 spiro atoms. The molecule has 0 saturated carbocycles. The summed E-state index contributed by atoms with van der Waals surface area (Å²) < 4.78 is 0. The first-order valence-electron chi connectivity index (χ1n) is 7.92. The van der Waals surface area contributed by atoms with E-state index in [1.165, 1.54) is 0 Å². The highest BCUT2D eigenvalue weighted by molar-refractivity contribution is 6.04. The van der Waals surface area contributed by atoms with E-state index in [1.807, 2.05) is 43.3 Å². The van der Waals surface area contributed by atoms with E-state index in [0.717, 1.165) is 36.3 Å². The molecular formula is C19H20N2O2. The summed E-state index contributed by atoms with van der Waals surface area (Å²) in [6.07, 6.45) is 2.60. The lowest BCUT2D eigenvalue weighted by molar-refractivity contribution is -0.119. The van der Waals surface area contributed by atoms with Crippen LogP contribution in [0.3, 0.4) is 0 Å². The van der Waals surface area contributed by atoms with Crippen molar-refractivity contribution in [3.05, 3.63) is 59.7 Å². The fourth-order valence-corrected chi connectivity index (χ4v) is 2.71. The van der Waals surface area contributed by atoms with Crippen LogP contribution in [0.2, 0.25) is 0 Å². The number of nitrogens with zero attached hydrogens (tertiary/aromatic N) is 1. The Morgan fingerprint density at radius 1 is 1.00 bits per heavy atom. The molecule has 2 amide bonds. The average Bonchev–Trinajstić information content (AvgIpc) is 2.57. The van der Waals surface area contributed by atoms with Crippen LogP contribution in [0.5, 0.6) is 0 Å². The Kier molecular flexibility index (Phi) is 4.42. The Balaban J connectivity index is 1.70. The van der Waals surface area contributed by atoms with E-state index in [-0.39, 0.29) is 11.8 Å². The van der Waals surface area contributed by atoms with E-state index in [9.17, 15) is 9.59 Å². The lowest BCUT2D eigenvalue weighted by atomic mass is 10.1. The molecule has 0 aliphatic carbocycles. The average molecular weight is 308 g/mol. The summed E-state index contributed by atoms with van der Waals surface area (Å²) in [7, 11) is 0. The van der Waals surface area contributed by atoms with Crippen LogP contribution in [-0.4, -0.2) is 18.4 Å². The van der Waals surface area contributed by atoms with Gasteiger partial charge in [0.2, 0.25) is 5.91 Å². The van der Waals surface area contributed by atoms with E-state index in [0.29, 0.717) is 12.0 Å². The molecule has 118 valence electrons. The van der Waals surface area contributed by atoms with Crippen molar-refractivity contribution in [2.75, 3.05) is 16.8 Å². The molecule has 0 atom stereocenters. The summed E-state index contributed by atoms with van der Waals surface area (Å²) in [5.74, 6) is 0.0125. The number of nitrogens with one attached hydrogen (secondary N) is 1. The van der Waals surface area contributed by atoms with Crippen LogP contribution in [0.1, 0.15) is 35.2 Å². The number of carbonyl (C=O) groups excluding carboxylic acids is 2. The number of carbonyl (C=O) groups is 2. The Labute approximate surface area is 136 Å². The van der Waals surface area contributed by atoms with E-state index in [1.54, 1.807) is 17.0 Å². The van der Waals surface area contributed by atoms with Crippen molar-refractivity contribution in [1.82, 2.24) is 0 Å². The zero-order chi connectivity index (χ0) is 16.2. The van der Waals surface area contributed by atoms with Crippen molar-refractivity contribution >= 4 is 23.2 Å². The van der Waals surface area contributed by atoms with Crippen molar-refractivity contribution in [1.29, 1.82) is 0 Å². The van der Waals surface area contributed by atoms with Gasteiger partial charge in [0, 0.05) is 29.9 Å². The lowest BCUT2D eigenvalue weighted by Crippen LogP contribution is -2.35. The molecule has 0 unspecified atom stereocenters. The molecule has 0 aromatic heterocycles. The van der Waals surface area contributed by atoms with Crippen molar-refractivity contribution in [3.63, 3.8) is 0 Å². The number of piperidine rings is 1. The highest BCUT2D eigenvalue weighted by atomic mass is 16.2. The first-order valence-corrected chi connectivity index (χ1v) is 7.92. The molecule has 23 heavy (non-hydrogen) atoms. The van der Waals surface area contributed by atoms with Gasteiger partial charge in [0.25, 0.3) is 5.91 Å². The van der Waals surface area contributed by atoms with Gasteiger partial charge in [-0.15, -0.1) is 0 Å². The van der Waals surface area contributed by atoms with Crippen LogP contribution in [0.15, 0.2) is 48.5 Å². The normalized spacial score (nSPS) is 14.7. The fourth-order valence-electron chi connectivity index (χ4n) is 2.71. The fraction of sp³-hybridized carbons (Fsp3) is 0.263. The molecule has 1 N–H and O–H groups in total. The number of benzene rings is 2. The molecule has 1 saturated heterocycles. The minimum Gasteiger partial charge on any atom is -0.322 e. The second-order valence-corrected chi connectivity index (χ2v) is 5.87.